The topological polar surface area (TPSA) is 40.5 Å². The summed E-state index contributed by atoms with van der Waals surface area (Å²) in [6.45, 7) is 4.05. The van der Waals surface area contributed by atoms with Crippen LogP contribution in [0.25, 0.3) is 0 Å². The Balaban J connectivity index is 2.22. The highest BCUT2D eigenvalue weighted by Crippen LogP contribution is 2.47. The molecule has 0 bridgehead atoms. The van der Waals surface area contributed by atoms with Crippen LogP contribution < -0.4 is 4.90 Å². The van der Waals surface area contributed by atoms with Crippen LogP contribution in [0.15, 0.2) is 18.2 Å². The van der Waals surface area contributed by atoms with E-state index in [0.29, 0.717) is 0 Å². The molecule has 0 aromatic heterocycles. The first-order valence-electron chi connectivity index (χ1n) is 5.96. The van der Waals surface area contributed by atoms with E-state index in [1.54, 1.807) is 11.9 Å². The average molecular weight is 233 g/mol. The standard InChI is InChI=1S/C14H19NO2/c1-10-4-5-12(8-11(10)2)15(3)13(17)14(9-16)6-7-14/h4-5,8,16H,6-7,9H2,1-3H3. The second kappa shape index (κ2) is 4.15. The first-order chi connectivity index (χ1) is 8.00. The molecule has 1 aliphatic carbocycles. The normalized spacial score (nSPS) is 16.7. The number of carbonyl (C=O) groups is 1. The summed E-state index contributed by atoms with van der Waals surface area (Å²) in [4.78, 5) is 13.9. The number of benzene rings is 1. The van der Waals surface area contributed by atoms with Crippen molar-refractivity contribution >= 4 is 11.6 Å². The maximum absolute atomic E-state index is 12.2. The Hall–Kier alpha value is -1.35. The van der Waals surface area contributed by atoms with E-state index in [2.05, 4.69) is 6.92 Å². The lowest BCUT2D eigenvalue weighted by Gasteiger charge is -2.23. The van der Waals surface area contributed by atoms with Gasteiger partial charge in [0.15, 0.2) is 0 Å². The van der Waals surface area contributed by atoms with Crippen LogP contribution in [-0.4, -0.2) is 24.7 Å². The van der Waals surface area contributed by atoms with Crippen LogP contribution in [0.3, 0.4) is 0 Å². The molecule has 0 atom stereocenters. The predicted octanol–water partition coefficient (Wildman–Crippen LogP) is 2.04. The van der Waals surface area contributed by atoms with Crippen LogP contribution >= 0.6 is 0 Å². The highest BCUT2D eigenvalue weighted by molar-refractivity contribution is 5.99. The quantitative estimate of drug-likeness (QED) is 0.868. The molecule has 1 fully saturated rings. The third-order valence-electron chi connectivity index (χ3n) is 3.79. The first-order valence-corrected chi connectivity index (χ1v) is 5.96. The highest BCUT2D eigenvalue weighted by Gasteiger charge is 2.50. The van der Waals surface area contributed by atoms with Gasteiger partial charge in [-0.25, -0.2) is 0 Å². The van der Waals surface area contributed by atoms with Crippen molar-refractivity contribution in [3.63, 3.8) is 0 Å². The molecule has 0 spiro atoms. The smallest absolute Gasteiger partial charge is 0.235 e. The number of anilines is 1. The lowest BCUT2D eigenvalue weighted by Crippen LogP contribution is -2.36. The van der Waals surface area contributed by atoms with Gasteiger partial charge in [0.2, 0.25) is 5.91 Å². The summed E-state index contributed by atoms with van der Waals surface area (Å²) in [6, 6.07) is 5.99. The third-order valence-corrected chi connectivity index (χ3v) is 3.79. The largest absolute Gasteiger partial charge is 0.395 e. The van der Waals surface area contributed by atoms with Crippen LogP contribution in [0, 0.1) is 19.3 Å². The number of carbonyl (C=O) groups excluding carboxylic acids is 1. The predicted molar refractivity (Wildman–Crippen MR) is 68.1 cm³/mol. The van der Waals surface area contributed by atoms with Crippen LogP contribution in [0.2, 0.25) is 0 Å². The minimum atomic E-state index is -0.493. The van der Waals surface area contributed by atoms with Crippen molar-refractivity contribution in [3.05, 3.63) is 29.3 Å². The fourth-order valence-electron chi connectivity index (χ4n) is 2.00. The van der Waals surface area contributed by atoms with Gasteiger partial charge in [-0.1, -0.05) is 6.07 Å². The zero-order chi connectivity index (χ0) is 12.6. The van der Waals surface area contributed by atoms with E-state index in [0.717, 1.165) is 18.5 Å². The molecular formula is C14H19NO2. The molecular weight excluding hydrogens is 214 g/mol. The Morgan fingerprint density at radius 1 is 1.35 bits per heavy atom. The molecule has 92 valence electrons. The molecule has 17 heavy (non-hydrogen) atoms. The first kappa shape index (κ1) is 12.1. The summed E-state index contributed by atoms with van der Waals surface area (Å²) in [7, 11) is 1.78. The SMILES string of the molecule is Cc1ccc(N(C)C(=O)C2(CO)CC2)cc1C. The van der Waals surface area contributed by atoms with E-state index in [-0.39, 0.29) is 12.5 Å². The van der Waals surface area contributed by atoms with Gasteiger partial charge < -0.3 is 10.0 Å². The van der Waals surface area contributed by atoms with Gasteiger partial charge in [0, 0.05) is 12.7 Å². The number of rotatable bonds is 3. The Bertz CT molecular complexity index is 450. The molecule has 0 aliphatic heterocycles. The molecule has 0 radical (unpaired) electrons. The number of hydrogen-bond donors (Lipinski definition) is 1. The maximum Gasteiger partial charge on any atom is 0.235 e. The monoisotopic (exact) mass is 233 g/mol. The Labute approximate surface area is 102 Å². The second-order valence-corrected chi connectivity index (χ2v) is 5.07. The van der Waals surface area contributed by atoms with E-state index in [9.17, 15) is 9.90 Å². The van der Waals surface area contributed by atoms with Crippen LogP contribution in [0.1, 0.15) is 24.0 Å². The van der Waals surface area contributed by atoms with E-state index in [1.165, 1.54) is 11.1 Å². The summed E-state index contributed by atoms with van der Waals surface area (Å²) in [6.07, 6.45) is 1.61. The van der Waals surface area contributed by atoms with Gasteiger partial charge in [-0.3, -0.25) is 4.79 Å². The van der Waals surface area contributed by atoms with Crippen LogP contribution in [0.5, 0.6) is 0 Å². The van der Waals surface area contributed by atoms with E-state index >= 15 is 0 Å². The van der Waals surface area contributed by atoms with Gasteiger partial charge in [-0.15, -0.1) is 0 Å². The number of hydrogen-bond acceptors (Lipinski definition) is 2. The highest BCUT2D eigenvalue weighted by atomic mass is 16.3. The molecule has 1 aromatic carbocycles. The van der Waals surface area contributed by atoms with Crippen LogP contribution in [0.4, 0.5) is 5.69 Å². The van der Waals surface area contributed by atoms with E-state index < -0.39 is 5.41 Å². The zero-order valence-corrected chi connectivity index (χ0v) is 10.7. The Morgan fingerprint density at radius 2 is 2.00 bits per heavy atom. The van der Waals surface area contributed by atoms with Gasteiger partial charge >= 0.3 is 0 Å². The van der Waals surface area contributed by atoms with Crippen molar-refractivity contribution in [3.8, 4) is 0 Å². The Morgan fingerprint density at radius 3 is 2.47 bits per heavy atom. The van der Waals surface area contributed by atoms with Crippen molar-refractivity contribution in [2.24, 2.45) is 5.41 Å². The van der Waals surface area contributed by atoms with Gasteiger partial charge in [0.25, 0.3) is 0 Å². The third kappa shape index (κ3) is 2.07. The molecule has 3 heteroatoms. The molecule has 3 nitrogen and oxygen atoms in total. The van der Waals surface area contributed by atoms with Crippen molar-refractivity contribution in [2.45, 2.75) is 26.7 Å². The van der Waals surface area contributed by atoms with E-state index in [1.807, 2.05) is 25.1 Å². The number of nitrogens with zero attached hydrogens (tertiary/aromatic N) is 1. The molecule has 1 aliphatic rings. The summed E-state index contributed by atoms with van der Waals surface area (Å²) in [5.74, 6) is 0.0308. The minimum absolute atomic E-state index is 0.0308. The van der Waals surface area contributed by atoms with Gasteiger partial charge in [-0.2, -0.15) is 0 Å². The van der Waals surface area contributed by atoms with Crippen molar-refractivity contribution in [1.82, 2.24) is 0 Å². The summed E-state index contributed by atoms with van der Waals surface area (Å²) >= 11 is 0. The molecule has 1 aromatic rings. The van der Waals surface area contributed by atoms with E-state index in [4.69, 9.17) is 0 Å². The van der Waals surface area contributed by atoms with Crippen molar-refractivity contribution < 1.29 is 9.90 Å². The molecule has 0 unspecified atom stereocenters. The average Bonchev–Trinajstić information content (AvgIpc) is 3.12. The fraction of sp³-hybridized carbons (Fsp3) is 0.500. The van der Waals surface area contributed by atoms with Gasteiger partial charge in [0.05, 0.1) is 12.0 Å². The van der Waals surface area contributed by atoms with Crippen molar-refractivity contribution in [1.29, 1.82) is 0 Å². The second-order valence-electron chi connectivity index (χ2n) is 5.07. The number of aliphatic hydroxyl groups excluding tert-OH is 1. The molecule has 0 saturated heterocycles. The molecule has 1 saturated carbocycles. The van der Waals surface area contributed by atoms with Crippen LogP contribution in [-0.2, 0) is 4.79 Å². The number of aliphatic hydroxyl groups is 1. The Kier molecular flexibility index (Phi) is 2.96. The molecule has 0 heterocycles. The fourth-order valence-corrected chi connectivity index (χ4v) is 2.00. The van der Waals surface area contributed by atoms with Gasteiger partial charge in [-0.05, 0) is 49.9 Å². The molecule has 1 amide bonds. The zero-order valence-electron chi connectivity index (χ0n) is 10.7. The lowest BCUT2D eigenvalue weighted by molar-refractivity contribution is -0.124. The number of aryl methyl sites for hydroxylation is 2. The maximum atomic E-state index is 12.2. The van der Waals surface area contributed by atoms with Crippen molar-refractivity contribution in [2.75, 3.05) is 18.6 Å². The summed E-state index contributed by atoms with van der Waals surface area (Å²) in [5.41, 5.74) is 2.81. The minimum Gasteiger partial charge on any atom is -0.395 e. The molecule has 1 N–H and O–H groups in total. The van der Waals surface area contributed by atoms with Gasteiger partial charge in [0.1, 0.15) is 0 Å². The summed E-state index contributed by atoms with van der Waals surface area (Å²) in [5, 5.41) is 9.27. The lowest BCUT2D eigenvalue weighted by atomic mass is 10.1. The summed E-state index contributed by atoms with van der Waals surface area (Å²) < 4.78 is 0. The molecule has 2 rings (SSSR count). The number of amides is 1.